The van der Waals surface area contributed by atoms with E-state index in [9.17, 15) is 13.5 Å². The van der Waals surface area contributed by atoms with Gasteiger partial charge in [-0.2, -0.15) is 5.10 Å². The van der Waals surface area contributed by atoms with Gasteiger partial charge in [0.05, 0.1) is 25.5 Å². The molecule has 2 aromatic carbocycles. The highest BCUT2D eigenvalue weighted by Crippen LogP contribution is 2.43. The van der Waals surface area contributed by atoms with E-state index in [-0.39, 0.29) is 11.4 Å². The minimum atomic E-state index is -3.34. The highest BCUT2D eigenvalue weighted by molar-refractivity contribution is 7.90. The predicted octanol–water partition coefficient (Wildman–Crippen LogP) is 5.66. The normalized spacial score (nSPS) is 12.3. The molecule has 3 N–H and O–H groups in total. The number of nitrogens with two attached hydrogens (primary N) is 1. The Labute approximate surface area is 212 Å². The summed E-state index contributed by atoms with van der Waals surface area (Å²) in [6.07, 6.45) is 1.18. The van der Waals surface area contributed by atoms with Crippen LogP contribution in [0.2, 0.25) is 10.0 Å². The number of hydrogen-bond donors (Lipinski definition) is 2. The molecule has 0 amide bonds. The molecule has 178 valence electrons. The largest absolute Gasteiger partial charge is 0.384 e. The van der Waals surface area contributed by atoms with E-state index in [1.807, 2.05) is 30.3 Å². The lowest BCUT2D eigenvalue weighted by Gasteiger charge is -2.14. The predicted molar refractivity (Wildman–Crippen MR) is 139 cm³/mol. The molecule has 0 saturated heterocycles. The summed E-state index contributed by atoms with van der Waals surface area (Å²) in [7, 11) is -3.34. The van der Waals surface area contributed by atoms with E-state index in [0.717, 1.165) is 20.9 Å². The Balaban J connectivity index is 1.94. The first kappa shape index (κ1) is 24.9. The van der Waals surface area contributed by atoms with Gasteiger partial charge in [-0.05, 0) is 55.3 Å². The Morgan fingerprint density at radius 2 is 1.76 bits per heavy atom. The topological polar surface area (TPSA) is 98.2 Å². The quantitative estimate of drug-likeness (QED) is 0.331. The Bertz CT molecular complexity index is 1490. The zero-order chi connectivity index (χ0) is 24.8. The lowest BCUT2D eigenvalue weighted by Crippen LogP contribution is -2.17. The van der Waals surface area contributed by atoms with Crippen molar-refractivity contribution in [2.75, 3.05) is 6.26 Å². The molecule has 2 aromatic heterocycles. The van der Waals surface area contributed by atoms with Crippen LogP contribution in [0.15, 0.2) is 59.5 Å². The van der Waals surface area contributed by atoms with Crippen molar-refractivity contribution in [2.45, 2.75) is 30.9 Å². The average molecular weight is 537 g/mol. The number of hydrogen-bond acceptors (Lipinski definition) is 6. The summed E-state index contributed by atoms with van der Waals surface area (Å²) in [5, 5.41) is 16.1. The Hall–Kier alpha value is -2.20. The smallest absolute Gasteiger partial charge is 0.175 e. The average Bonchev–Trinajstić information content (AvgIpc) is 3.37. The third kappa shape index (κ3) is 4.66. The summed E-state index contributed by atoms with van der Waals surface area (Å²) in [6, 6.07) is 16.0. The first-order valence-electron chi connectivity index (χ1n) is 10.3. The molecule has 6 nitrogen and oxygen atoms in total. The fourth-order valence-corrected chi connectivity index (χ4v) is 6.11. The molecule has 0 unspecified atom stereocenters. The number of sulfone groups is 1. The third-order valence-electron chi connectivity index (χ3n) is 5.30. The molecule has 0 bridgehead atoms. The van der Waals surface area contributed by atoms with Gasteiger partial charge >= 0.3 is 0 Å². The van der Waals surface area contributed by atoms with E-state index < -0.39 is 15.4 Å². The summed E-state index contributed by atoms with van der Waals surface area (Å²) in [6.45, 7) is 3.46. The molecular weight excluding hydrogens is 513 g/mol. The number of nitrogens with zero attached hydrogens (tertiary/aromatic N) is 2. The lowest BCUT2D eigenvalue weighted by molar-refractivity contribution is 0.0735. The molecule has 0 spiro atoms. The van der Waals surface area contributed by atoms with Crippen LogP contribution in [0.5, 0.6) is 0 Å². The summed E-state index contributed by atoms with van der Waals surface area (Å²) in [5.74, 6) is 0. The lowest BCUT2D eigenvalue weighted by atomic mass is 10.1. The van der Waals surface area contributed by atoms with Gasteiger partial charge in [0.25, 0.3) is 0 Å². The van der Waals surface area contributed by atoms with Gasteiger partial charge in [-0.15, -0.1) is 11.3 Å². The number of rotatable bonds is 6. The highest BCUT2D eigenvalue weighted by Gasteiger charge is 2.30. The number of thiophene rings is 1. The standard InChI is InChI=1S/C24H23Cl2N3O3S2/c1-24(2,30)23-20(26)22(29(28-23)21-15(13-27)7-5-9-17(21)25)19-11-10-18(33-19)14-6-4-8-16(12-14)34(3,31)32/h4-12,30H,13,27H2,1-3H3. The summed E-state index contributed by atoms with van der Waals surface area (Å²) >= 11 is 14.8. The van der Waals surface area contributed by atoms with Gasteiger partial charge in [-0.1, -0.05) is 47.5 Å². The minimum Gasteiger partial charge on any atom is -0.384 e. The fraction of sp³-hybridized carbons (Fsp3) is 0.208. The highest BCUT2D eigenvalue weighted by atomic mass is 35.5. The van der Waals surface area contributed by atoms with Gasteiger partial charge in [-0.25, -0.2) is 13.1 Å². The van der Waals surface area contributed by atoms with Gasteiger partial charge < -0.3 is 10.8 Å². The number of aliphatic hydroxyl groups is 1. The van der Waals surface area contributed by atoms with E-state index in [2.05, 4.69) is 5.10 Å². The van der Waals surface area contributed by atoms with Crippen molar-refractivity contribution in [1.29, 1.82) is 0 Å². The molecule has 0 fully saturated rings. The van der Waals surface area contributed by atoms with Gasteiger partial charge in [0.1, 0.15) is 17.0 Å². The Morgan fingerprint density at radius 3 is 2.41 bits per heavy atom. The van der Waals surface area contributed by atoms with Crippen molar-refractivity contribution in [1.82, 2.24) is 9.78 Å². The maximum absolute atomic E-state index is 12.0. The second kappa shape index (κ2) is 9.11. The van der Waals surface area contributed by atoms with Crippen LogP contribution in [-0.4, -0.2) is 29.6 Å². The molecular formula is C24H23Cl2N3O3S2. The second-order valence-corrected chi connectivity index (χ2v) is 12.3. The first-order chi connectivity index (χ1) is 15.9. The van der Waals surface area contributed by atoms with Crippen molar-refractivity contribution in [3.8, 4) is 26.7 Å². The molecule has 4 rings (SSSR count). The molecule has 10 heteroatoms. The molecule has 0 aliphatic rings. The van der Waals surface area contributed by atoms with Crippen LogP contribution in [0.4, 0.5) is 0 Å². The van der Waals surface area contributed by atoms with E-state index in [1.165, 1.54) is 17.6 Å². The molecule has 0 aliphatic carbocycles. The zero-order valence-corrected chi connectivity index (χ0v) is 21.9. The molecule has 34 heavy (non-hydrogen) atoms. The van der Waals surface area contributed by atoms with Gasteiger partial charge in [0.15, 0.2) is 9.84 Å². The van der Waals surface area contributed by atoms with Crippen LogP contribution in [0.3, 0.4) is 0 Å². The van der Waals surface area contributed by atoms with Crippen molar-refractivity contribution < 1.29 is 13.5 Å². The summed E-state index contributed by atoms with van der Waals surface area (Å²) < 4.78 is 25.6. The molecule has 0 atom stereocenters. The SMILES string of the molecule is CC(C)(O)c1nn(-c2c(Cl)cccc2CN)c(-c2ccc(-c3cccc(S(C)(=O)=O)c3)s2)c1Cl. The van der Waals surface area contributed by atoms with Crippen molar-refractivity contribution in [2.24, 2.45) is 5.73 Å². The molecule has 0 aliphatic heterocycles. The second-order valence-electron chi connectivity index (χ2n) is 8.40. The fourth-order valence-electron chi connectivity index (χ4n) is 3.63. The third-order valence-corrected chi connectivity index (χ3v) is 8.21. The zero-order valence-electron chi connectivity index (χ0n) is 18.7. The van der Waals surface area contributed by atoms with Crippen molar-refractivity contribution >= 4 is 44.4 Å². The van der Waals surface area contributed by atoms with Crippen LogP contribution in [0.1, 0.15) is 25.1 Å². The van der Waals surface area contributed by atoms with Gasteiger partial charge in [0.2, 0.25) is 0 Å². The number of aromatic nitrogens is 2. The minimum absolute atomic E-state index is 0.235. The van der Waals surface area contributed by atoms with E-state index in [1.54, 1.807) is 42.8 Å². The number of halogens is 2. The summed E-state index contributed by atoms with van der Waals surface area (Å²) in [5.41, 5.74) is 7.68. The molecule has 0 saturated carbocycles. The van der Waals surface area contributed by atoms with Crippen LogP contribution in [0.25, 0.3) is 26.7 Å². The number of benzene rings is 2. The Morgan fingerprint density at radius 1 is 1.09 bits per heavy atom. The van der Waals surface area contributed by atoms with Crippen LogP contribution >= 0.6 is 34.5 Å². The maximum Gasteiger partial charge on any atom is 0.175 e. The van der Waals surface area contributed by atoms with Crippen LogP contribution < -0.4 is 5.73 Å². The molecule has 0 radical (unpaired) electrons. The number of para-hydroxylation sites is 1. The van der Waals surface area contributed by atoms with Crippen molar-refractivity contribution in [3.63, 3.8) is 0 Å². The van der Waals surface area contributed by atoms with Crippen molar-refractivity contribution in [3.05, 3.63) is 75.9 Å². The Kier molecular flexibility index (Phi) is 6.67. The monoisotopic (exact) mass is 535 g/mol. The van der Waals surface area contributed by atoms with E-state index >= 15 is 0 Å². The first-order valence-corrected chi connectivity index (χ1v) is 13.8. The maximum atomic E-state index is 12.0. The van der Waals surface area contributed by atoms with Crippen LogP contribution in [-0.2, 0) is 22.0 Å². The van der Waals surface area contributed by atoms with E-state index in [4.69, 9.17) is 28.9 Å². The summed E-state index contributed by atoms with van der Waals surface area (Å²) in [4.78, 5) is 1.87. The van der Waals surface area contributed by atoms with E-state index in [0.29, 0.717) is 27.1 Å². The van der Waals surface area contributed by atoms with Gasteiger partial charge in [0, 0.05) is 17.7 Å². The van der Waals surface area contributed by atoms with Crippen LogP contribution in [0, 0.1) is 0 Å². The molecule has 2 heterocycles. The van der Waals surface area contributed by atoms with Gasteiger partial charge in [-0.3, -0.25) is 0 Å². The molecule has 4 aromatic rings.